The van der Waals surface area contributed by atoms with Crippen molar-refractivity contribution in [2.75, 3.05) is 25.4 Å². The number of amides is 1. The summed E-state index contributed by atoms with van der Waals surface area (Å²) in [6.45, 7) is 4.33. The second-order valence-electron chi connectivity index (χ2n) is 6.30. The van der Waals surface area contributed by atoms with Crippen molar-refractivity contribution in [3.63, 3.8) is 0 Å². The van der Waals surface area contributed by atoms with Crippen LogP contribution in [0.3, 0.4) is 0 Å². The van der Waals surface area contributed by atoms with Crippen molar-refractivity contribution >= 4 is 23.3 Å². The molecular formula is C19H21N5O2S. The molecule has 7 nitrogen and oxygen atoms in total. The van der Waals surface area contributed by atoms with Crippen molar-refractivity contribution in [3.05, 3.63) is 36.4 Å². The summed E-state index contributed by atoms with van der Waals surface area (Å²) < 4.78 is 7.20. The highest BCUT2D eigenvalue weighted by Gasteiger charge is 2.18. The lowest BCUT2D eigenvalue weighted by atomic mass is 10.2. The van der Waals surface area contributed by atoms with Gasteiger partial charge < -0.3 is 9.64 Å². The number of carbonyl (C=O) groups excluding carboxylic acids is 1. The van der Waals surface area contributed by atoms with Gasteiger partial charge in [0.25, 0.3) is 0 Å². The number of carbonyl (C=O) groups is 1. The Bertz CT molecular complexity index is 935. The van der Waals surface area contributed by atoms with Crippen LogP contribution in [0.4, 0.5) is 0 Å². The lowest BCUT2D eigenvalue weighted by Crippen LogP contribution is -2.29. The smallest absolute Gasteiger partial charge is 0.232 e. The van der Waals surface area contributed by atoms with Crippen LogP contribution < -0.4 is 4.74 Å². The molecule has 2 aromatic heterocycles. The Hall–Kier alpha value is -2.61. The predicted molar refractivity (Wildman–Crippen MR) is 104 cm³/mol. The molecule has 0 saturated carbocycles. The molecule has 1 amide bonds. The van der Waals surface area contributed by atoms with Gasteiger partial charge >= 0.3 is 0 Å². The van der Waals surface area contributed by atoms with Crippen molar-refractivity contribution in [3.8, 4) is 17.1 Å². The molecule has 140 valence electrons. The molecule has 0 aliphatic carbocycles. The van der Waals surface area contributed by atoms with Crippen molar-refractivity contribution in [1.29, 1.82) is 0 Å². The Morgan fingerprint density at radius 1 is 1.11 bits per heavy atom. The normalized spacial score (nSPS) is 14.0. The third-order valence-corrected chi connectivity index (χ3v) is 5.37. The number of rotatable bonds is 6. The van der Waals surface area contributed by atoms with Crippen molar-refractivity contribution in [2.24, 2.45) is 0 Å². The highest BCUT2D eigenvalue weighted by atomic mass is 32.2. The lowest BCUT2D eigenvalue weighted by Gasteiger charge is -2.14. The van der Waals surface area contributed by atoms with Gasteiger partial charge in [0, 0.05) is 18.7 Å². The van der Waals surface area contributed by atoms with Gasteiger partial charge in [0.1, 0.15) is 10.8 Å². The zero-order chi connectivity index (χ0) is 18.6. The Kier molecular flexibility index (Phi) is 5.24. The topological polar surface area (TPSA) is 72.6 Å². The van der Waals surface area contributed by atoms with E-state index in [-0.39, 0.29) is 5.91 Å². The molecule has 3 heterocycles. The SMILES string of the molecule is CCOc1ccc(-c2nnc3ccc(SCC(=O)N4CCCC4)nn23)cc1. The first-order valence-corrected chi connectivity index (χ1v) is 10.1. The largest absolute Gasteiger partial charge is 0.494 e. The standard InChI is InChI=1S/C19H21N5O2S/c1-2-26-15-7-5-14(6-8-15)19-21-20-16-9-10-17(22-24(16)19)27-13-18(25)23-11-3-4-12-23/h5-10H,2-4,11-13H2,1H3. The molecule has 3 aromatic rings. The average Bonchev–Trinajstić information content (AvgIpc) is 3.37. The van der Waals surface area contributed by atoms with E-state index in [0.29, 0.717) is 23.8 Å². The van der Waals surface area contributed by atoms with Gasteiger partial charge in [-0.2, -0.15) is 9.61 Å². The first-order chi connectivity index (χ1) is 13.2. The number of thioether (sulfide) groups is 1. The van der Waals surface area contributed by atoms with Gasteiger partial charge in [0.2, 0.25) is 5.91 Å². The molecule has 0 spiro atoms. The van der Waals surface area contributed by atoms with E-state index in [1.54, 1.807) is 4.52 Å². The van der Waals surface area contributed by atoms with Crippen molar-refractivity contribution in [1.82, 2.24) is 24.7 Å². The van der Waals surface area contributed by atoms with E-state index in [4.69, 9.17) is 4.74 Å². The number of benzene rings is 1. The molecule has 1 saturated heterocycles. The maximum absolute atomic E-state index is 12.2. The van der Waals surface area contributed by atoms with Gasteiger partial charge in [0.05, 0.1) is 12.4 Å². The zero-order valence-electron chi connectivity index (χ0n) is 15.2. The molecule has 27 heavy (non-hydrogen) atoms. The summed E-state index contributed by atoms with van der Waals surface area (Å²) in [5.74, 6) is 2.06. The van der Waals surface area contributed by atoms with Crippen LogP contribution in [-0.2, 0) is 4.79 Å². The van der Waals surface area contributed by atoms with Crippen LogP contribution in [0.25, 0.3) is 17.0 Å². The highest BCUT2D eigenvalue weighted by Crippen LogP contribution is 2.23. The average molecular weight is 383 g/mol. The summed E-state index contributed by atoms with van der Waals surface area (Å²) in [6.07, 6.45) is 2.21. The predicted octanol–water partition coefficient (Wildman–Crippen LogP) is 2.90. The number of hydrogen-bond acceptors (Lipinski definition) is 6. The second kappa shape index (κ2) is 7.96. The van der Waals surface area contributed by atoms with Crippen LogP contribution >= 0.6 is 11.8 Å². The fraction of sp³-hybridized carbons (Fsp3) is 0.368. The van der Waals surface area contributed by atoms with E-state index in [1.807, 2.05) is 48.2 Å². The summed E-state index contributed by atoms with van der Waals surface area (Å²) >= 11 is 1.45. The van der Waals surface area contributed by atoms with E-state index in [0.717, 1.165) is 42.3 Å². The number of fused-ring (bicyclic) bond motifs is 1. The number of aromatic nitrogens is 4. The van der Waals surface area contributed by atoms with Gasteiger partial charge in [-0.25, -0.2) is 0 Å². The molecule has 0 atom stereocenters. The first-order valence-electron chi connectivity index (χ1n) is 9.11. The monoisotopic (exact) mass is 383 g/mol. The fourth-order valence-corrected chi connectivity index (χ4v) is 3.85. The zero-order valence-corrected chi connectivity index (χ0v) is 16.0. The fourth-order valence-electron chi connectivity index (χ4n) is 3.09. The first kappa shape index (κ1) is 17.8. The molecule has 1 aliphatic rings. The molecular weight excluding hydrogens is 362 g/mol. The van der Waals surface area contributed by atoms with Crippen molar-refractivity contribution in [2.45, 2.75) is 24.8 Å². The van der Waals surface area contributed by atoms with E-state index < -0.39 is 0 Å². The minimum atomic E-state index is 0.176. The van der Waals surface area contributed by atoms with Gasteiger partial charge in [-0.05, 0) is 56.2 Å². The van der Waals surface area contributed by atoms with Crippen LogP contribution in [0, 0.1) is 0 Å². The number of nitrogens with zero attached hydrogens (tertiary/aromatic N) is 5. The van der Waals surface area contributed by atoms with E-state index in [1.165, 1.54) is 11.8 Å². The number of likely N-dealkylation sites (tertiary alicyclic amines) is 1. The molecule has 1 aliphatic heterocycles. The van der Waals surface area contributed by atoms with Crippen LogP contribution in [0.1, 0.15) is 19.8 Å². The maximum Gasteiger partial charge on any atom is 0.232 e. The van der Waals surface area contributed by atoms with Gasteiger partial charge in [0.15, 0.2) is 11.5 Å². The molecule has 0 bridgehead atoms. The maximum atomic E-state index is 12.2. The van der Waals surface area contributed by atoms with Crippen LogP contribution in [0.2, 0.25) is 0 Å². The number of hydrogen-bond donors (Lipinski definition) is 0. The number of ether oxygens (including phenoxy) is 1. The second-order valence-corrected chi connectivity index (χ2v) is 7.29. The molecule has 8 heteroatoms. The minimum Gasteiger partial charge on any atom is -0.494 e. The Morgan fingerprint density at radius 3 is 2.63 bits per heavy atom. The van der Waals surface area contributed by atoms with Crippen molar-refractivity contribution < 1.29 is 9.53 Å². The lowest BCUT2D eigenvalue weighted by molar-refractivity contribution is -0.127. The quantitative estimate of drug-likeness (QED) is 0.610. The van der Waals surface area contributed by atoms with Crippen LogP contribution in [0.5, 0.6) is 5.75 Å². The van der Waals surface area contributed by atoms with Gasteiger partial charge in [-0.15, -0.1) is 10.2 Å². The molecule has 0 radical (unpaired) electrons. The Morgan fingerprint density at radius 2 is 1.89 bits per heavy atom. The van der Waals surface area contributed by atoms with Gasteiger partial charge in [-0.3, -0.25) is 4.79 Å². The van der Waals surface area contributed by atoms with Crippen LogP contribution in [-0.4, -0.2) is 56.1 Å². The summed E-state index contributed by atoms with van der Waals surface area (Å²) in [4.78, 5) is 14.2. The molecule has 1 fully saturated rings. The molecule has 0 N–H and O–H groups in total. The Labute approximate surface area is 161 Å². The van der Waals surface area contributed by atoms with E-state index in [2.05, 4.69) is 15.3 Å². The Balaban J connectivity index is 1.53. The van der Waals surface area contributed by atoms with E-state index >= 15 is 0 Å². The third kappa shape index (κ3) is 3.90. The highest BCUT2D eigenvalue weighted by molar-refractivity contribution is 7.99. The minimum absolute atomic E-state index is 0.176. The summed E-state index contributed by atoms with van der Waals surface area (Å²) in [7, 11) is 0. The molecule has 1 aromatic carbocycles. The third-order valence-electron chi connectivity index (χ3n) is 4.46. The van der Waals surface area contributed by atoms with Gasteiger partial charge in [-0.1, -0.05) is 11.8 Å². The summed E-state index contributed by atoms with van der Waals surface area (Å²) in [6, 6.07) is 11.5. The molecule has 0 unspecified atom stereocenters. The summed E-state index contributed by atoms with van der Waals surface area (Å²) in [5, 5.41) is 13.9. The summed E-state index contributed by atoms with van der Waals surface area (Å²) in [5.41, 5.74) is 1.59. The molecule has 4 rings (SSSR count). The van der Waals surface area contributed by atoms with E-state index in [9.17, 15) is 4.79 Å². The van der Waals surface area contributed by atoms with Crippen LogP contribution in [0.15, 0.2) is 41.4 Å².